The van der Waals surface area contributed by atoms with Crippen LogP contribution in [0.3, 0.4) is 0 Å². The summed E-state index contributed by atoms with van der Waals surface area (Å²) in [7, 11) is 0. The molecule has 1 amide bonds. The number of phenolic OH excluding ortho intramolecular Hbond substituents is 1. The standard InChI is InChI=1S/C13H19NO3/c1-3-17-8-4-5-13(16)14-11-6-7-12(15)10(2)9-11/h6-7,9,15H,3-5,8H2,1-2H3,(H,14,16). The van der Waals surface area contributed by atoms with E-state index in [4.69, 9.17) is 4.74 Å². The van der Waals surface area contributed by atoms with Crippen molar-refractivity contribution in [2.24, 2.45) is 0 Å². The third-order valence-electron chi connectivity index (χ3n) is 2.38. The lowest BCUT2D eigenvalue weighted by molar-refractivity contribution is -0.116. The molecule has 0 spiro atoms. The second-order valence-corrected chi connectivity index (χ2v) is 3.85. The van der Waals surface area contributed by atoms with Gasteiger partial charge in [-0.05, 0) is 44.0 Å². The van der Waals surface area contributed by atoms with Crippen LogP contribution in [0.2, 0.25) is 0 Å². The molecular weight excluding hydrogens is 218 g/mol. The van der Waals surface area contributed by atoms with E-state index in [1.165, 1.54) is 0 Å². The molecule has 0 aliphatic heterocycles. The molecule has 1 rings (SSSR count). The molecule has 4 nitrogen and oxygen atoms in total. The zero-order valence-corrected chi connectivity index (χ0v) is 10.3. The van der Waals surface area contributed by atoms with Crippen LogP contribution in [0.4, 0.5) is 5.69 Å². The highest BCUT2D eigenvalue weighted by Crippen LogP contribution is 2.20. The Morgan fingerprint density at radius 2 is 2.24 bits per heavy atom. The van der Waals surface area contributed by atoms with Crippen molar-refractivity contribution < 1.29 is 14.6 Å². The maximum Gasteiger partial charge on any atom is 0.224 e. The van der Waals surface area contributed by atoms with Crippen molar-refractivity contribution >= 4 is 11.6 Å². The van der Waals surface area contributed by atoms with Crippen LogP contribution in [0.15, 0.2) is 18.2 Å². The van der Waals surface area contributed by atoms with Gasteiger partial charge in [0.1, 0.15) is 5.75 Å². The predicted octanol–water partition coefficient (Wildman–Crippen LogP) is 2.46. The second kappa shape index (κ2) is 6.91. The molecular formula is C13H19NO3. The number of carbonyl (C=O) groups is 1. The van der Waals surface area contributed by atoms with Gasteiger partial charge in [0, 0.05) is 25.3 Å². The predicted molar refractivity (Wildman–Crippen MR) is 67.2 cm³/mol. The number of anilines is 1. The van der Waals surface area contributed by atoms with E-state index in [9.17, 15) is 9.90 Å². The molecule has 94 valence electrons. The topological polar surface area (TPSA) is 58.6 Å². The maximum atomic E-state index is 11.5. The van der Waals surface area contributed by atoms with Crippen molar-refractivity contribution in [3.63, 3.8) is 0 Å². The van der Waals surface area contributed by atoms with E-state index < -0.39 is 0 Å². The lowest BCUT2D eigenvalue weighted by Gasteiger charge is -2.07. The quantitative estimate of drug-likeness (QED) is 0.590. The van der Waals surface area contributed by atoms with Gasteiger partial charge in [-0.3, -0.25) is 4.79 Å². The van der Waals surface area contributed by atoms with Crippen molar-refractivity contribution in [1.29, 1.82) is 0 Å². The van der Waals surface area contributed by atoms with E-state index in [1.54, 1.807) is 25.1 Å². The van der Waals surface area contributed by atoms with Crippen molar-refractivity contribution in [3.05, 3.63) is 23.8 Å². The molecule has 4 heteroatoms. The molecule has 0 bridgehead atoms. The summed E-state index contributed by atoms with van der Waals surface area (Å²) in [5.74, 6) is 0.203. The number of aromatic hydroxyl groups is 1. The molecule has 0 radical (unpaired) electrons. The van der Waals surface area contributed by atoms with E-state index in [2.05, 4.69) is 5.32 Å². The molecule has 1 aromatic carbocycles. The Bertz CT molecular complexity index is 377. The monoisotopic (exact) mass is 237 g/mol. The summed E-state index contributed by atoms with van der Waals surface area (Å²) in [5, 5.41) is 12.1. The fourth-order valence-electron chi connectivity index (χ4n) is 1.44. The number of phenols is 1. The summed E-state index contributed by atoms with van der Waals surface area (Å²) in [6, 6.07) is 5.00. The smallest absolute Gasteiger partial charge is 0.224 e. The van der Waals surface area contributed by atoms with Gasteiger partial charge in [-0.1, -0.05) is 0 Å². The number of rotatable bonds is 6. The molecule has 2 N–H and O–H groups in total. The number of benzene rings is 1. The van der Waals surface area contributed by atoms with Crippen LogP contribution in [0.5, 0.6) is 5.75 Å². The third kappa shape index (κ3) is 4.87. The summed E-state index contributed by atoms with van der Waals surface area (Å²) in [6.45, 7) is 5.01. The van der Waals surface area contributed by atoms with Gasteiger partial charge in [0.2, 0.25) is 5.91 Å². The SMILES string of the molecule is CCOCCCC(=O)Nc1ccc(O)c(C)c1. The largest absolute Gasteiger partial charge is 0.508 e. The average molecular weight is 237 g/mol. The first-order valence-corrected chi connectivity index (χ1v) is 5.80. The minimum absolute atomic E-state index is 0.0326. The summed E-state index contributed by atoms with van der Waals surface area (Å²) in [5.41, 5.74) is 1.46. The molecule has 0 unspecified atom stereocenters. The van der Waals surface area contributed by atoms with Crippen LogP contribution in [-0.2, 0) is 9.53 Å². The molecule has 1 aromatic rings. The first-order valence-electron chi connectivity index (χ1n) is 5.80. The lowest BCUT2D eigenvalue weighted by atomic mass is 10.2. The van der Waals surface area contributed by atoms with Crippen molar-refractivity contribution in [3.8, 4) is 5.75 Å². The summed E-state index contributed by atoms with van der Waals surface area (Å²) in [4.78, 5) is 11.5. The first-order chi connectivity index (χ1) is 8.13. The molecule has 0 aliphatic carbocycles. The Balaban J connectivity index is 2.37. The minimum Gasteiger partial charge on any atom is -0.508 e. The summed E-state index contributed by atoms with van der Waals surface area (Å²) >= 11 is 0. The van der Waals surface area contributed by atoms with Gasteiger partial charge in [-0.15, -0.1) is 0 Å². The highest BCUT2D eigenvalue weighted by molar-refractivity contribution is 5.90. The van der Waals surface area contributed by atoms with Gasteiger partial charge >= 0.3 is 0 Å². The summed E-state index contributed by atoms with van der Waals surface area (Å²) in [6.07, 6.45) is 1.16. The third-order valence-corrected chi connectivity index (χ3v) is 2.38. The lowest BCUT2D eigenvalue weighted by Crippen LogP contribution is -2.12. The van der Waals surface area contributed by atoms with Crippen LogP contribution < -0.4 is 5.32 Å². The number of nitrogens with one attached hydrogen (secondary N) is 1. The number of aryl methyl sites for hydroxylation is 1. The van der Waals surface area contributed by atoms with Gasteiger partial charge in [0.25, 0.3) is 0 Å². The Morgan fingerprint density at radius 3 is 2.88 bits per heavy atom. The number of hydrogen-bond donors (Lipinski definition) is 2. The van der Waals surface area contributed by atoms with Crippen molar-refractivity contribution in [2.75, 3.05) is 18.5 Å². The number of hydrogen-bond acceptors (Lipinski definition) is 3. The van der Waals surface area contributed by atoms with Gasteiger partial charge < -0.3 is 15.2 Å². The Labute approximate surface area is 102 Å². The zero-order chi connectivity index (χ0) is 12.7. The molecule has 0 saturated heterocycles. The summed E-state index contributed by atoms with van der Waals surface area (Å²) < 4.78 is 5.16. The Hall–Kier alpha value is -1.55. The van der Waals surface area contributed by atoms with Gasteiger partial charge in [-0.25, -0.2) is 0 Å². The van der Waals surface area contributed by atoms with Crippen LogP contribution in [-0.4, -0.2) is 24.2 Å². The van der Waals surface area contributed by atoms with Gasteiger partial charge in [0.15, 0.2) is 0 Å². The van der Waals surface area contributed by atoms with E-state index in [-0.39, 0.29) is 11.7 Å². The highest BCUT2D eigenvalue weighted by atomic mass is 16.5. The van der Waals surface area contributed by atoms with Gasteiger partial charge in [0.05, 0.1) is 0 Å². The first kappa shape index (κ1) is 13.5. The Morgan fingerprint density at radius 1 is 1.47 bits per heavy atom. The fraction of sp³-hybridized carbons (Fsp3) is 0.462. The van der Waals surface area contributed by atoms with Gasteiger partial charge in [-0.2, -0.15) is 0 Å². The molecule has 0 saturated carbocycles. The molecule has 0 heterocycles. The van der Waals surface area contributed by atoms with E-state index in [1.807, 2.05) is 6.92 Å². The van der Waals surface area contributed by atoms with E-state index in [0.717, 1.165) is 12.0 Å². The Kier molecular flexibility index (Phi) is 5.49. The number of amides is 1. The molecule has 0 aliphatic rings. The van der Waals surface area contributed by atoms with Crippen molar-refractivity contribution in [2.45, 2.75) is 26.7 Å². The fourth-order valence-corrected chi connectivity index (χ4v) is 1.44. The molecule has 17 heavy (non-hydrogen) atoms. The molecule has 0 aromatic heterocycles. The minimum atomic E-state index is -0.0326. The molecule has 0 atom stereocenters. The zero-order valence-electron chi connectivity index (χ0n) is 10.3. The van der Waals surface area contributed by atoms with Crippen molar-refractivity contribution in [1.82, 2.24) is 0 Å². The number of carbonyl (C=O) groups excluding carboxylic acids is 1. The second-order valence-electron chi connectivity index (χ2n) is 3.85. The average Bonchev–Trinajstić information content (AvgIpc) is 2.30. The highest BCUT2D eigenvalue weighted by Gasteiger charge is 2.03. The van der Waals surface area contributed by atoms with Crippen LogP contribution in [0, 0.1) is 6.92 Å². The number of ether oxygens (including phenoxy) is 1. The van der Waals surface area contributed by atoms with Crippen LogP contribution in [0.1, 0.15) is 25.3 Å². The maximum absolute atomic E-state index is 11.5. The van der Waals surface area contributed by atoms with E-state index in [0.29, 0.717) is 25.3 Å². The normalized spacial score (nSPS) is 10.2. The molecule has 0 fully saturated rings. The van der Waals surface area contributed by atoms with Crippen LogP contribution >= 0.6 is 0 Å². The van der Waals surface area contributed by atoms with Crippen LogP contribution in [0.25, 0.3) is 0 Å². The van der Waals surface area contributed by atoms with E-state index >= 15 is 0 Å².